The predicted octanol–water partition coefficient (Wildman–Crippen LogP) is 3.65. The first-order valence-electron chi connectivity index (χ1n) is 8.47. The summed E-state index contributed by atoms with van der Waals surface area (Å²) < 4.78 is 86.4. The third-order valence-corrected chi connectivity index (χ3v) is 5.95. The van der Waals surface area contributed by atoms with E-state index in [0.29, 0.717) is 30.5 Å². The van der Waals surface area contributed by atoms with Crippen molar-refractivity contribution in [3.63, 3.8) is 0 Å². The molecule has 0 amide bonds. The lowest BCUT2D eigenvalue weighted by Crippen LogP contribution is -2.55. The first-order valence-corrected chi connectivity index (χ1v) is 9.66. The maximum atomic E-state index is 13.6. The molecule has 4 rings (SSSR count). The number of fused-ring (bicyclic) bond motifs is 1. The monoisotopic (exact) mass is 472 g/mol. The summed E-state index contributed by atoms with van der Waals surface area (Å²) in [6.07, 6.45) is -8.00. The van der Waals surface area contributed by atoms with Gasteiger partial charge in [0.05, 0.1) is 19.3 Å². The van der Waals surface area contributed by atoms with Gasteiger partial charge in [-0.25, -0.2) is 4.68 Å². The van der Waals surface area contributed by atoms with Gasteiger partial charge < -0.3 is 4.74 Å². The summed E-state index contributed by atoms with van der Waals surface area (Å²) in [7, 11) is 1.49. The Morgan fingerprint density at radius 2 is 1.93 bits per heavy atom. The zero-order chi connectivity index (χ0) is 21.8. The minimum absolute atomic E-state index is 0.0358. The molecule has 14 heteroatoms. The number of halogens is 7. The van der Waals surface area contributed by atoms with E-state index in [0.717, 1.165) is 4.68 Å². The molecule has 4 heterocycles. The molecule has 0 unspecified atom stereocenters. The molecule has 0 radical (unpaired) electrons. The Balaban J connectivity index is 1.69. The van der Waals surface area contributed by atoms with Gasteiger partial charge in [0.15, 0.2) is 10.6 Å². The lowest BCUT2D eigenvalue weighted by Gasteiger charge is -2.34. The summed E-state index contributed by atoms with van der Waals surface area (Å²) in [6.45, 7) is 0.391. The van der Waals surface area contributed by atoms with Crippen LogP contribution in [0.4, 0.5) is 32.2 Å². The fourth-order valence-electron chi connectivity index (χ4n) is 3.04. The molecule has 3 aromatic rings. The molecule has 0 bridgehead atoms. The van der Waals surface area contributed by atoms with E-state index in [1.807, 2.05) is 0 Å². The average Bonchev–Trinajstić information content (AvgIpc) is 3.15. The molecule has 0 atom stereocenters. The van der Waals surface area contributed by atoms with Crippen molar-refractivity contribution in [2.45, 2.75) is 25.0 Å². The van der Waals surface area contributed by atoms with Crippen molar-refractivity contribution in [1.29, 1.82) is 0 Å². The van der Waals surface area contributed by atoms with Crippen molar-refractivity contribution >= 4 is 33.7 Å². The van der Waals surface area contributed by atoms with Crippen molar-refractivity contribution in [2.24, 2.45) is 0 Å². The highest BCUT2D eigenvalue weighted by atomic mass is 35.5. The lowest BCUT2D eigenvalue weighted by atomic mass is 10.1. The molecule has 162 valence electrons. The lowest BCUT2D eigenvalue weighted by molar-refractivity contribution is -0.498. The highest BCUT2D eigenvalue weighted by molar-refractivity contribution is 7.17. The minimum atomic E-state index is -4.66. The molecule has 0 saturated carbocycles. The topological polar surface area (TPSA) is 47.3 Å². The third-order valence-electron chi connectivity index (χ3n) is 4.56. The van der Waals surface area contributed by atoms with Gasteiger partial charge in [-0.2, -0.15) is 35.8 Å². The Kier molecular flexibility index (Phi) is 5.10. The third kappa shape index (κ3) is 3.81. The van der Waals surface area contributed by atoms with Crippen LogP contribution in [0.3, 0.4) is 0 Å². The molecule has 1 fully saturated rings. The number of alkyl halides is 6. The predicted molar refractivity (Wildman–Crippen MR) is 94.6 cm³/mol. The molecule has 30 heavy (non-hydrogen) atoms. The van der Waals surface area contributed by atoms with Crippen molar-refractivity contribution in [3.05, 3.63) is 39.7 Å². The van der Waals surface area contributed by atoms with E-state index in [-0.39, 0.29) is 34.3 Å². The number of rotatable bonds is 4. The Hall–Kier alpha value is -2.12. The van der Waals surface area contributed by atoms with Gasteiger partial charge in [-0.05, 0) is 0 Å². The van der Waals surface area contributed by atoms with Crippen LogP contribution < -0.4 is 9.30 Å². The van der Waals surface area contributed by atoms with E-state index in [1.165, 1.54) is 23.8 Å². The van der Waals surface area contributed by atoms with Crippen LogP contribution in [-0.4, -0.2) is 41.1 Å². The summed E-state index contributed by atoms with van der Waals surface area (Å²) in [5.74, 6) is -0.0358. The van der Waals surface area contributed by atoms with E-state index in [1.54, 1.807) is 4.90 Å². The number of thiazole rings is 1. The van der Waals surface area contributed by atoms with E-state index >= 15 is 0 Å². The quantitative estimate of drug-likeness (QED) is 0.429. The van der Waals surface area contributed by atoms with Gasteiger partial charge in [0.2, 0.25) is 0 Å². The molecule has 6 nitrogen and oxygen atoms in total. The number of methoxy groups -OCH3 is 1. The Morgan fingerprint density at radius 3 is 2.50 bits per heavy atom. The van der Waals surface area contributed by atoms with Crippen molar-refractivity contribution in [2.75, 3.05) is 25.1 Å². The van der Waals surface area contributed by atoms with Gasteiger partial charge in [-0.3, -0.25) is 4.90 Å². The number of nitrogens with zero attached hydrogens (tertiary/aromatic N) is 5. The van der Waals surface area contributed by atoms with Gasteiger partial charge in [-0.1, -0.05) is 27.9 Å². The Bertz CT molecular complexity index is 1090. The maximum Gasteiger partial charge on any atom is 0.435 e. The van der Waals surface area contributed by atoms with Crippen LogP contribution in [0.2, 0.25) is 5.15 Å². The second-order valence-corrected chi connectivity index (χ2v) is 7.96. The summed E-state index contributed by atoms with van der Waals surface area (Å²) >= 11 is 6.26. The highest BCUT2D eigenvalue weighted by Gasteiger charge is 2.46. The summed E-state index contributed by atoms with van der Waals surface area (Å²) in [4.78, 5) is 4.97. The summed E-state index contributed by atoms with van der Waals surface area (Å²) in [5, 5.41) is 3.14. The van der Waals surface area contributed by atoms with Crippen LogP contribution in [0, 0.1) is 0 Å². The Labute approximate surface area is 174 Å². The number of anilines is 1. The molecule has 0 aliphatic carbocycles. The molecule has 0 N–H and O–H groups in total. The molecule has 3 aromatic heterocycles. The van der Waals surface area contributed by atoms with Gasteiger partial charge in [-0.15, -0.1) is 0 Å². The number of ether oxygens (including phenoxy) is 1. The van der Waals surface area contributed by atoms with Gasteiger partial charge in [0.1, 0.15) is 23.5 Å². The smallest absolute Gasteiger partial charge is 0.375 e. The second kappa shape index (κ2) is 7.24. The fraction of sp³-hybridized carbons (Fsp3) is 0.438. The molecule has 1 saturated heterocycles. The highest BCUT2D eigenvalue weighted by Crippen LogP contribution is 2.41. The first kappa shape index (κ1) is 21.1. The fourth-order valence-corrected chi connectivity index (χ4v) is 4.27. The number of hydrogen-bond donors (Lipinski definition) is 0. The van der Waals surface area contributed by atoms with E-state index < -0.39 is 22.9 Å². The second-order valence-electron chi connectivity index (χ2n) is 6.59. The SMILES string of the molecule is COC1CN(c2c(C(F)(F)F)sc3nc(Cn4nc(C(F)(F)F)cc4Cl)cc[n+]23)C1. The van der Waals surface area contributed by atoms with Crippen LogP contribution in [0.1, 0.15) is 16.3 Å². The average molecular weight is 473 g/mol. The van der Waals surface area contributed by atoms with Gasteiger partial charge >= 0.3 is 17.3 Å². The van der Waals surface area contributed by atoms with Crippen LogP contribution in [-0.2, 0) is 23.6 Å². The van der Waals surface area contributed by atoms with Crippen molar-refractivity contribution < 1.29 is 35.5 Å². The van der Waals surface area contributed by atoms with E-state index in [4.69, 9.17) is 16.3 Å². The molecule has 0 aromatic carbocycles. The van der Waals surface area contributed by atoms with Crippen LogP contribution in [0.25, 0.3) is 4.96 Å². The standard InChI is InChI=1S/C16H13ClF6N5OS/c1-29-9-6-26(7-9)13-12(16(21,22)23)30-14-24-8(2-3-27(13)14)5-28-11(17)4-10(25-28)15(18,19)20/h2-4,9H,5-7H2,1H3/q+1. The minimum Gasteiger partial charge on any atom is -0.375 e. The van der Waals surface area contributed by atoms with Crippen LogP contribution in [0.5, 0.6) is 0 Å². The normalized spacial score (nSPS) is 15.8. The number of hydrogen-bond acceptors (Lipinski definition) is 5. The van der Waals surface area contributed by atoms with Crippen LogP contribution in [0.15, 0.2) is 18.3 Å². The van der Waals surface area contributed by atoms with Gasteiger partial charge in [0.25, 0.3) is 5.82 Å². The molecular weight excluding hydrogens is 460 g/mol. The van der Waals surface area contributed by atoms with E-state index in [9.17, 15) is 26.3 Å². The summed E-state index contributed by atoms with van der Waals surface area (Å²) in [5.41, 5.74) is -0.945. The number of aromatic nitrogens is 4. The van der Waals surface area contributed by atoms with Crippen LogP contribution >= 0.6 is 22.9 Å². The Morgan fingerprint density at radius 1 is 1.23 bits per heavy atom. The van der Waals surface area contributed by atoms with E-state index in [2.05, 4.69) is 10.1 Å². The molecule has 1 aliphatic heterocycles. The maximum absolute atomic E-state index is 13.6. The molecular formula is C16H13ClF6N5OS+. The molecule has 1 aliphatic rings. The largest absolute Gasteiger partial charge is 0.435 e. The first-order chi connectivity index (χ1) is 14.0. The summed E-state index contributed by atoms with van der Waals surface area (Å²) in [6, 6.07) is 2.10. The van der Waals surface area contributed by atoms with Crippen molar-refractivity contribution in [1.82, 2.24) is 14.8 Å². The zero-order valence-corrected chi connectivity index (χ0v) is 16.7. The van der Waals surface area contributed by atoms with Gasteiger partial charge in [0, 0.05) is 19.2 Å². The molecule has 0 spiro atoms. The zero-order valence-electron chi connectivity index (χ0n) is 15.1. The van der Waals surface area contributed by atoms with Crippen molar-refractivity contribution in [3.8, 4) is 0 Å².